The lowest BCUT2D eigenvalue weighted by Gasteiger charge is -2.17. The zero-order valence-corrected chi connectivity index (χ0v) is 12.7. The standard InChI is InChI=1S/C12H17NO5S2/c1-2-9-8(3-5-18-9)7-13-20(16,17)10-4-6-19-11(10)12(14)15/h4,6,8-9,13H,2-3,5,7H2,1H3,(H,14,15). The summed E-state index contributed by atoms with van der Waals surface area (Å²) in [5.74, 6) is -1.09. The maximum absolute atomic E-state index is 12.2. The number of carboxylic acids is 1. The monoisotopic (exact) mass is 319 g/mol. The lowest BCUT2D eigenvalue weighted by atomic mass is 10.0. The first-order valence-electron chi connectivity index (χ1n) is 6.37. The van der Waals surface area contributed by atoms with Crippen LogP contribution in [0, 0.1) is 5.92 Å². The van der Waals surface area contributed by atoms with E-state index >= 15 is 0 Å². The summed E-state index contributed by atoms with van der Waals surface area (Å²) in [5, 5.41) is 10.4. The summed E-state index contributed by atoms with van der Waals surface area (Å²) in [7, 11) is -3.79. The number of hydrogen-bond acceptors (Lipinski definition) is 5. The molecule has 0 radical (unpaired) electrons. The maximum Gasteiger partial charge on any atom is 0.347 e. The molecule has 8 heteroatoms. The topological polar surface area (TPSA) is 92.7 Å². The van der Waals surface area contributed by atoms with E-state index in [0.717, 1.165) is 24.2 Å². The molecule has 2 rings (SSSR count). The molecular weight excluding hydrogens is 302 g/mol. The van der Waals surface area contributed by atoms with Gasteiger partial charge in [-0.1, -0.05) is 6.92 Å². The van der Waals surface area contributed by atoms with Crippen molar-refractivity contribution < 1.29 is 23.1 Å². The average molecular weight is 319 g/mol. The van der Waals surface area contributed by atoms with Crippen LogP contribution in [-0.2, 0) is 14.8 Å². The van der Waals surface area contributed by atoms with Crippen molar-refractivity contribution in [3.8, 4) is 0 Å². The summed E-state index contributed by atoms with van der Waals surface area (Å²) in [6, 6.07) is 1.32. The SMILES string of the molecule is CCC1OCCC1CNS(=O)(=O)c1ccsc1C(=O)O. The lowest BCUT2D eigenvalue weighted by molar-refractivity contribution is 0.0698. The number of sulfonamides is 1. The van der Waals surface area contributed by atoms with Crippen LogP contribution in [0.2, 0.25) is 0 Å². The van der Waals surface area contributed by atoms with Crippen molar-refractivity contribution in [2.75, 3.05) is 13.2 Å². The van der Waals surface area contributed by atoms with E-state index in [0.29, 0.717) is 6.61 Å². The first-order valence-corrected chi connectivity index (χ1v) is 8.74. The quantitative estimate of drug-likeness (QED) is 0.829. The van der Waals surface area contributed by atoms with Gasteiger partial charge in [-0.05, 0) is 24.3 Å². The number of rotatable bonds is 6. The smallest absolute Gasteiger partial charge is 0.347 e. The molecule has 2 unspecified atom stereocenters. The molecule has 1 saturated heterocycles. The van der Waals surface area contributed by atoms with Crippen molar-refractivity contribution in [1.29, 1.82) is 0 Å². The van der Waals surface area contributed by atoms with Crippen molar-refractivity contribution in [1.82, 2.24) is 4.72 Å². The molecule has 0 saturated carbocycles. The largest absolute Gasteiger partial charge is 0.477 e. The van der Waals surface area contributed by atoms with Crippen LogP contribution in [0.15, 0.2) is 16.3 Å². The predicted octanol–water partition coefficient (Wildman–Crippen LogP) is 1.54. The summed E-state index contributed by atoms with van der Waals surface area (Å²) in [4.78, 5) is 10.7. The van der Waals surface area contributed by atoms with Crippen LogP contribution < -0.4 is 4.72 Å². The van der Waals surface area contributed by atoms with Gasteiger partial charge in [0.1, 0.15) is 9.77 Å². The lowest BCUT2D eigenvalue weighted by Crippen LogP contribution is -2.33. The molecule has 2 heterocycles. The molecule has 1 fully saturated rings. The fourth-order valence-corrected chi connectivity index (χ4v) is 4.69. The molecule has 1 aliphatic rings. The van der Waals surface area contributed by atoms with Crippen molar-refractivity contribution in [3.05, 3.63) is 16.3 Å². The van der Waals surface area contributed by atoms with E-state index in [9.17, 15) is 13.2 Å². The fourth-order valence-electron chi connectivity index (χ4n) is 2.34. The van der Waals surface area contributed by atoms with Crippen LogP contribution in [0.1, 0.15) is 29.4 Å². The maximum atomic E-state index is 12.2. The van der Waals surface area contributed by atoms with Gasteiger partial charge in [0, 0.05) is 19.1 Å². The van der Waals surface area contributed by atoms with Gasteiger partial charge in [-0.3, -0.25) is 0 Å². The normalized spacial score (nSPS) is 23.1. The second kappa shape index (κ2) is 6.21. The van der Waals surface area contributed by atoms with Gasteiger partial charge >= 0.3 is 5.97 Å². The van der Waals surface area contributed by atoms with Crippen LogP contribution in [0.5, 0.6) is 0 Å². The number of carbonyl (C=O) groups is 1. The minimum Gasteiger partial charge on any atom is -0.477 e. The van der Waals surface area contributed by atoms with Gasteiger partial charge in [0.05, 0.1) is 6.10 Å². The van der Waals surface area contributed by atoms with Crippen molar-refractivity contribution in [2.45, 2.75) is 30.8 Å². The number of aromatic carboxylic acids is 1. The number of nitrogens with one attached hydrogen (secondary N) is 1. The third-order valence-corrected chi connectivity index (χ3v) is 5.89. The van der Waals surface area contributed by atoms with Crippen molar-refractivity contribution in [3.63, 3.8) is 0 Å². The molecule has 2 N–H and O–H groups in total. The molecule has 1 aromatic rings. The summed E-state index contributed by atoms with van der Waals surface area (Å²) in [6.45, 7) is 2.92. The molecule has 0 bridgehead atoms. The van der Waals surface area contributed by atoms with E-state index in [2.05, 4.69) is 4.72 Å². The highest BCUT2D eigenvalue weighted by Crippen LogP contribution is 2.25. The summed E-state index contributed by atoms with van der Waals surface area (Å²) < 4.78 is 32.3. The second-order valence-corrected chi connectivity index (χ2v) is 7.29. The molecule has 112 valence electrons. The molecule has 0 amide bonds. The van der Waals surface area contributed by atoms with E-state index < -0.39 is 16.0 Å². The minimum atomic E-state index is -3.79. The van der Waals surface area contributed by atoms with E-state index in [1.807, 2.05) is 6.92 Å². The highest BCUT2D eigenvalue weighted by atomic mass is 32.2. The number of carboxylic acid groups (broad SMARTS) is 1. The Bertz CT molecular complexity index is 580. The summed E-state index contributed by atoms with van der Waals surface area (Å²) in [6.07, 6.45) is 1.72. The molecule has 0 spiro atoms. The fraction of sp³-hybridized carbons (Fsp3) is 0.583. The molecule has 20 heavy (non-hydrogen) atoms. The van der Waals surface area contributed by atoms with Gasteiger partial charge in [-0.25, -0.2) is 17.9 Å². The van der Waals surface area contributed by atoms with Crippen LogP contribution >= 0.6 is 11.3 Å². The van der Waals surface area contributed by atoms with Gasteiger partial charge in [-0.15, -0.1) is 11.3 Å². The third-order valence-electron chi connectivity index (χ3n) is 3.40. The number of hydrogen-bond donors (Lipinski definition) is 2. The Morgan fingerprint density at radius 2 is 2.35 bits per heavy atom. The highest BCUT2D eigenvalue weighted by Gasteiger charge is 2.29. The van der Waals surface area contributed by atoms with Crippen LogP contribution in [0.3, 0.4) is 0 Å². The Kier molecular flexibility index (Phi) is 4.79. The van der Waals surface area contributed by atoms with Crippen molar-refractivity contribution >= 4 is 27.3 Å². The number of thiophene rings is 1. The van der Waals surface area contributed by atoms with Gasteiger partial charge in [0.15, 0.2) is 0 Å². The van der Waals surface area contributed by atoms with Crippen LogP contribution in [0.25, 0.3) is 0 Å². The second-order valence-electron chi connectivity index (χ2n) is 4.64. The minimum absolute atomic E-state index is 0.0686. The first-order chi connectivity index (χ1) is 9.45. The van der Waals surface area contributed by atoms with Gasteiger partial charge in [-0.2, -0.15) is 0 Å². The van der Waals surface area contributed by atoms with Gasteiger partial charge in [0.25, 0.3) is 0 Å². The highest BCUT2D eigenvalue weighted by molar-refractivity contribution is 7.89. The zero-order valence-electron chi connectivity index (χ0n) is 11.0. The van der Waals surface area contributed by atoms with Crippen LogP contribution in [-0.4, -0.2) is 38.7 Å². The third kappa shape index (κ3) is 3.20. The van der Waals surface area contributed by atoms with E-state index in [1.165, 1.54) is 11.4 Å². The molecule has 6 nitrogen and oxygen atoms in total. The van der Waals surface area contributed by atoms with E-state index in [-0.39, 0.29) is 28.3 Å². The summed E-state index contributed by atoms with van der Waals surface area (Å²) in [5.41, 5.74) is 0. The molecule has 0 aliphatic carbocycles. The molecule has 2 atom stereocenters. The Labute approximate surface area is 121 Å². The Hall–Kier alpha value is -0.960. The van der Waals surface area contributed by atoms with Crippen molar-refractivity contribution in [2.24, 2.45) is 5.92 Å². The van der Waals surface area contributed by atoms with Gasteiger partial charge < -0.3 is 9.84 Å². The van der Waals surface area contributed by atoms with E-state index in [4.69, 9.17) is 9.84 Å². The van der Waals surface area contributed by atoms with Gasteiger partial charge in [0.2, 0.25) is 10.0 Å². The molecule has 1 aromatic heterocycles. The Morgan fingerprint density at radius 1 is 1.60 bits per heavy atom. The van der Waals surface area contributed by atoms with Crippen LogP contribution in [0.4, 0.5) is 0 Å². The first kappa shape index (κ1) is 15.4. The molecular formula is C12H17NO5S2. The molecule has 1 aliphatic heterocycles. The number of ether oxygens (including phenoxy) is 1. The van der Waals surface area contributed by atoms with E-state index in [1.54, 1.807) is 0 Å². The Balaban J connectivity index is 2.08. The molecule has 0 aromatic carbocycles. The zero-order chi connectivity index (χ0) is 14.8. The predicted molar refractivity (Wildman–Crippen MR) is 74.6 cm³/mol. The Morgan fingerprint density at radius 3 is 3.00 bits per heavy atom. The summed E-state index contributed by atoms with van der Waals surface area (Å²) >= 11 is 0.904. The average Bonchev–Trinajstić information content (AvgIpc) is 3.05.